The molecule has 0 saturated carbocycles. The summed E-state index contributed by atoms with van der Waals surface area (Å²) in [4.78, 5) is 0. The Balaban J connectivity index is 2.78. The molecule has 0 aliphatic heterocycles. The van der Waals surface area contributed by atoms with Gasteiger partial charge in [-0.05, 0) is 23.9 Å². The fourth-order valence-electron chi connectivity index (χ4n) is 0.772. The van der Waals surface area contributed by atoms with Gasteiger partial charge >= 0.3 is 0 Å². The number of rotatable bonds is 2. The van der Waals surface area contributed by atoms with E-state index < -0.39 is 0 Å². The zero-order valence-electron chi connectivity index (χ0n) is 5.67. The lowest BCUT2D eigenvalue weighted by molar-refractivity contribution is 1.33. The molecular weight excluding hydrogens is 124 g/mol. The second-order valence-electron chi connectivity index (χ2n) is 2.15. The number of nitrogens with two attached hydrogens (primary N) is 1. The summed E-state index contributed by atoms with van der Waals surface area (Å²) in [5.74, 6) is 0. The second kappa shape index (κ2) is 3.01. The first kappa shape index (κ1) is 6.81. The third-order valence-corrected chi connectivity index (χ3v) is 1.32. The van der Waals surface area contributed by atoms with Crippen molar-refractivity contribution in [1.82, 2.24) is 0 Å². The Bertz CT molecular complexity index is 213. The number of nitrogens with one attached hydrogen (secondary N) is 1. The molecule has 0 unspecified atom stereocenters. The molecule has 0 radical (unpaired) electrons. The van der Waals surface area contributed by atoms with E-state index in [1.54, 1.807) is 0 Å². The second-order valence-corrected chi connectivity index (χ2v) is 2.15. The van der Waals surface area contributed by atoms with Crippen LogP contribution in [0.25, 0.3) is 0 Å². The molecule has 0 spiro atoms. The molecular formula is C8H10N2. The predicted octanol–water partition coefficient (Wildman–Crippen LogP) is 1.46. The third-order valence-electron chi connectivity index (χ3n) is 1.32. The van der Waals surface area contributed by atoms with Gasteiger partial charge in [0.2, 0.25) is 0 Å². The molecule has 2 heteroatoms. The summed E-state index contributed by atoms with van der Waals surface area (Å²) in [5, 5.41) is 6.84. The summed E-state index contributed by atoms with van der Waals surface area (Å²) in [6.45, 7) is 0. The summed E-state index contributed by atoms with van der Waals surface area (Å²) in [6.07, 6.45) is 2.08. The van der Waals surface area contributed by atoms with Crippen molar-refractivity contribution in [2.45, 2.75) is 6.42 Å². The van der Waals surface area contributed by atoms with Gasteiger partial charge in [-0.1, -0.05) is 12.1 Å². The van der Waals surface area contributed by atoms with Crippen LogP contribution in [-0.4, -0.2) is 6.21 Å². The van der Waals surface area contributed by atoms with Gasteiger partial charge in [-0.15, -0.1) is 0 Å². The highest BCUT2D eigenvalue weighted by molar-refractivity contribution is 5.58. The largest absolute Gasteiger partial charge is 0.399 e. The maximum atomic E-state index is 6.84. The van der Waals surface area contributed by atoms with Crippen LogP contribution in [0.4, 0.5) is 5.69 Å². The summed E-state index contributed by atoms with van der Waals surface area (Å²) in [6, 6.07) is 7.55. The topological polar surface area (TPSA) is 49.9 Å². The first-order chi connectivity index (χ1) is 4.83. The number of anilines is 1. The van der Waals surface area contributed by atoms with Crippen molar-refractivity contribution in [2.24, 2.45) is 0 Å². The fraction of sp³-hybridized carbons (Fsp3) is 0.125. The molecule has 0 saturated heterocycles. The van der Waals surface area contributed by atoms with Crippen LogP contribution in [0.2, 0.25) is 0 Å². The van der Waals surface area contributed by atoms with Crippen LogP contribution in [0.15, 0.2) is 24.3 Å². The number of nitrogen functional groups attached to an aromatic ring is 1. The Hall–Kier alpha value is -1.31. The SMILES string of the molecule is N=CCc1ccc(N)cc1. The predicted molar refractivity (Wildman–Crippen MR) is 43.3 cm³/mol. The van der Waals surface area contributed by atoms with Gasteiger partial charge in [0, 0.05) is 12.1 Å². The van der Waals surface area contributed by atoms with Crippen LogP contribution in [0.3, 0.4) is 0 Å². The van der Waals surface area contributed by atoms with E-state index >= 15 is 0 Å². The molecule has 0 atom stereocenters. The Kier molecular flexibility index (Phi) is 2.05. The van der Waals surface area contributed by atoms with E-state index in [4.69, 9.17) is 11.1 Å². The molecule has 1 rings (SSSR count). The molecule has 0 bridgehead atoms. The quantitative estimate of drug-likeness (QED) is 0.467. The lowest BCUT2D eigenvalue weighted by Gasteiger charge is -1.94. The smallest absolute Gasteiger partial charge is 0.0314 e. The molecule has 0 aliphatic carbocycles. The maximum absolute atomic E-state index is 6.84. The first-order valence-electron chi connectivity index (χ1n) is 3.16. The van der Waals surface area contributed by atoms with E-state index in [1.165, 1.54) is 6.21 Å². The average Bonchev–Trinajstić information content (AvgIpc) is 1.95. The Labute approximate surface area is 60.2 Å². The van der Waals surface area contributed by atoms with Crippen molar-refractivity contribution in [3.8, 4) is 0 Å². The molecule has 52 valence electrons. The minimum absolute atomic E-state index is 0.695. The van der Waals surface area contributed by atoms with Crippen LogP contribution in [0.5, 0.6) is 0 Å². The van der Waals surface area contributed by atoms with Gasteiger partial charge in [0.1, 0.15) is 0 Å². The molecule has 0 heterocycles. The van der Waals surface area contributed by atoms with E-state index in [2.05, 4.69) is 0 Å². The summed E-state index contributed by atoms with van der Waals surface area (Å²) >= 11 is 0. The van der Waals surface area contributed by atoms with E-state index in [9.17, 15) is 0 Å². The number of benzene rings is 1. The Morgan fingerprint density at radius 1 is 1.30 bits per heavy atom. The van der Waals surface area contributed by atoms with E-state index in [0.717, 1.165) is 11.3 Å². The van der Waals surface area contributed by atoms with Crippen LogP contribution in [0.1, 0.15) is 5.56 Å². The summed E-state index contributed by atoms with van der Waals surface area (Å²) < 4.78 is 0. The Morgan fingerprint density at radius 3 is 2.40 bits per heavy atom. The van der Waals surface area contributed by atoms with Gasteiger partial charge in [-0.2, -0.15) is 0 Å². The molecule has 2 nitrogen and oxygen atoms in total. The van der Waals surface area contributed by atoms with Crippen LogP contribution < -0.4 is 5.73 Å². The van der Waals surface area contributed by atoms with Gasteiger partial charge in [0.15, 0.2) is 0 Å². The van der Waals surface area contributed by atoms with Crippen LogP contribution in [-0.2, 0) is 6.42 Å². The van der Waals surface area contributed by atoms with Crippen molar-refractivity contribution < 1.29 is 0 Å². The minimum Gasteiger partial charge on any atom is -0.399 e. The van der Waals surface area contributed by atoms with Crippen LogP contribution >= 0.6 is 0 Å². The number of hydrogen-bond acceptors (Lipinski definition) is 2. The average molecular weight is 134 g/mol. The monoisotopic (exact) mass is 134 g/mol. The lowest BCUT2D eigenvalue weighted by atomic mass is 10.1. The van der Waals surface area contributed by atoms with E-state index in [0.29, 0.717) is 6.42 Å². The lowest BCUT2D eigenvalue weighted by Crippen LogP contribution is -1.87. The van der Waals surface area contributed by atoms with Crippen molar-refractivity contribution in [1.29, 1.82) is 5.41 Å². The van der Waals surface area contributed by atoms with Crippen LogP contribution in [0, 0.1) is 5.41 Å². The molecule has 0 fully saturated rings. The van der Waals surface area contributed by atoms with Gasteiger partial charge in [-0.3, -0.25) is 0 Å². The van der Waals surface area contributed by atoms with Gasteiger partial charge in [-0.25, -0.2) is 0 Å². The molecule has 3 N–H and O–H groups in total. The molecule has 1 aromatic carbocycles. The third kappa shape index (κ3) is 1.58. The molecule has 0 amide bonds. The normalized spacial score (nSPS) is 9.20. The number of hydrogen-bond donors (Lipinski definition) is 2. The standard InChI is InChI=1S/C8H10N2/c9-6-5-7-1-3-8(10)4-2-7/h1-4,6,9H,5,10H2. The summed E-state index contributed by atoms with van der Waals surface area (Å²) in [7, 11) is 0. The molecule has 10 heavy (non-hydrogen) atoms. The highest BCUT2D eigenvalue weighted by Crippen LogP contribution is 2.04. The zero-order valence-corrected chi connectivity index (χ0v) is 5.67. The Morgan fingerprint density at radius 2 is 1.90 bits per heavy atom. The first-order valence-corrected chi connectivity index (χ1v) is 3.16. The van der Waals surface area contributed by atoms with Crippen molar-refractivity contribution in [3.63, 3.8) is 0 Å². The van der Waals surface area contributed by atoms with Gasteiger partial charge in [0.25, 0.3) is 0 Å². The zero-order chi connectivity index (χ0) is 7.40. The molecule has 1 aromatic rings. The van der Waals surface area contributed by atoms with Gasteiger partial charge in [0.05, 0.1) is 0 Å². The van der Waals surface area contributed by atoms with E-state index in [-0.39, 0.29) is 0 Å². The van der Waals surface area contributed by atoms with Crippen molar-refractivity contribution in [3.05, 3.63) is 29.8 Å². The minimum atomic E-state index is 0.695. The highest BCUT2D eigenvalue weighted by atomic mass is 14.5. The fourth-order valence-corrected chi connectivity index (χ4v) is 0.772. The molecule has 0 aliphatic rings. The van der Waals surface area contributed by atoms with Crippen molar-refractivity contribution >= 4 is 11.9 Å². The van der Waals surface area contributed by atoms with Crippen molar-refractivity contribution in [2.75, 3.05) is 5.73 Å². The summed E-state index contributed by atoms with van der Waals surface area (Å²) in [5.41, 5.74) is 7.37. The molecule has 0 aromatic heterocycles. The highest BCUT2D eigenvalue weighted by Gasteiger charge is 1.87. The van der Waals surface area contributed by atoms with Gasteiger partial charge < -0.3 is 11.1 Å². The van der Waals surface area contributed by atoms with E-state index in [1.807, 2.05) is 24.3 Å². The maximum Gasteiger partial charge on any atom is 0.0314 e.